The topological polar surface area (TPSA) is 63.2 Å². The van der Waals surface area contributed by atoms with Crippen LogP contribution in [0.4, 0.5) is 0 Å². The summed E-state index contributed by atoms with van der Waals surface area (Å²) in [6.07, 6.45) is -1.76. The number of rotatable bonds is 14. The molecule has 218 valence electrons. The van der Waals surface area contributed by atoms with Crippen molar-refractivity contribution in [3.8, 4) is 0 Å². The molecule has 6 nitrogen and oxygen atoms in total. The maximum Gasteiger partial charge on any atom is 0.151 e. The molecule has 6 heteroatoms. The van der Waals surface area contributed by atoms with E-state index in [1.54, 1.807) is 0 Å². The fraction of sp³-hybridized carbons (Fsp3) is 0.306. The lowest BCUT2D eigenvalue weighted by Gasteiger charge is -2.35. The van der Waals surface area contributed by atoms with E-state index in [1.807, 2.05) is 121 Å². The average Bonchev–Trinajstić information content (AvgIpc) is 3.19. The summed E-state index contributed by atoms with van der Waals surface area (Å²) in [6.45, 7) is 2.13. The molecular weight excluding hydrogens is 528 g/mol. The fourth-order valence-electron chi connectivity index (χ4n) is 5.14. The number of hydrogen-bond acceptors (Lipinski definition) is 6. The Morgan fingerprint density at radius 3 is 1.40 bits per heavy atom. The summed E-state index contributed by atoms with van der Waals surface area (Å²) in [4.78, 5) is 12.4. The quantitative estimate of drug-likeness (QED) is 0.170. The third-order valence-electron chi connectivity index (χ3n) is 7.37. The monoisotopic (exact) mass is 566 g/mol. The lowest BCUT2D eigenvalue weighted by Crippen LogP contribution is -2.50. The van der Waals surface area contributed by atoms with E-state index in [9.17, 15) is 4.79 Å². The van der Waals surface area contributed by atoms with E-state index < -0.39 is 24.4 Å². The summed E-state index contributed by atoms with van der Waals surface area (Å²) < 4.78 is 32.1. The Morgan fingerprint density at radius 1 is 0.548 bits per heavy atom. The van der Waals surface area contributed by atoms with Crippen molar-refractivity contribution >= 4 is 6.29 Å². The summed E-state index contributed by atoms with van der Waals surface area (Å²) in [7, 11) is 0. The van der Waals surface area contributed by atoms with Crippen LogP contribution in [0.15, 0.2) is 121 Å². The third-order valence-corrected chi connectivity index (χ3v) is 7.37. The zero-order chi connectivity index (χ0) is 28.8. The molecule has 5 rings (SSSR count). The SMILES string of the molecule is O=C[C@H]1OCC(COCc2ccccc2)[C@@H](OCc2ccccc2)C(OCc2ccccc2)C1OCc1ccccc1. The van der Waals surface area contributed by atoms with Crippen molar-refractivity contribution in [2.75, 3.05) is 13.2 Å². The molecule has 4 aromatic carbocycles. The number of hydrogen-bond donors (Lipinski definition) is 0. The summed E-state index contributed by atoms with van der Waals surface area (Å²) >= 11 is 0. The Morgan fingerprint density at radius 2 is 0.952 bits per heavy atom. The number of ether oxygens (including phenoxy) is 5. The van der Waals surface area contributed by atoms with E-state index in [2.05, 4.69) is 0 Å². The van der Waals surface area contributed by atoms with Crippen LogP contribution >= 0.6 is 0 Å². The number of benzene rings is 4. The molecule has 1 aliphatic rings. The van der Waals surface area contributed by atoms with Crippen molar-refractivity contribution in [1.29, 1.82) is 0 Å². The molecule has 1 aliphatic heterocycles. The van der Waals surface area contributed by atoms with Crippen LogP contribution in [0.25, 0.3) is 0 Å². The number of carbonyl (C=O) groups is 1. The van der Waals surface area contributed by atoms with E-state index in [0.29, 0.717) is 33.0 Å². The highest BCUT2D eigenvalue weighted by Gasteiger charge is 2.45. The molecule has 1 fully saturated rings. The maximum absolute atomic E-state index is 12.4. The Balaban J connectivity index is 1.41. The standard InChI is InChI=1S/C36H38O6/c37-21-33-35(41-24-30-17-9-3-10-18-30)36(42-25-31-19-11-4-12-20-31)34(40-23-29-15-7-2-8-16-29)32(27-39-33)26-38-22-28-13-5-1-6-14-28/h1-21,32-36H,22-27H2/t32?,33-,34-,35?,36?/m1/s1. The van der Waals surface area contributed by atoms with E-state index in [0.717, 1.165) is 28.5 Å². The second-order valence-electron chi connectivity index (χ2n) is 10.5. The van der Waals surface area contributed by atoms with Gasteiger partial charge in [-0.1, -0.05) is 121 Å². The van der Waals surface area contributed by atoms with Crippen molar-refractivity contribution in [3.63, 3.8) is 0 Å². The average molecular weight is 567 g/mol. The van der Waals surface area contributed by atoms with Gasteiger partial charge in [-0.05, 0) is 22.3 Å². The molecule has 1 saturated heterocycles. The van der Waals surface area contributed by atoms with Gasteiger partial charge < -0.3 is 28.5 Å². The van der Waals surface area contributed by atoms with Gasteiger partial charge in [-0.3, -0.25) is 0 Å². The lowest BCUT2D eigenvalue weighted by atomic mass is 9.94. The highest BCUT2D eigenvalue weighted by molar-refractivity contribution is 5.57. The highest BCUT2D eigenvalue weighted by atomic mass is 16.6. The molecule has 0 N–H and O–H groups in total. The first-order valence-electron chi connectivity index (χ1n) is 14.5. The van der Waals surface area contributed by atoms with Gasteiger partial charge >= 0.3 is 0 Å². The van der Waals surface area contributed by atoms with Crippen LogP contribution in [0.2, 0.25) is 0 Å². The highest BCUT2D eigenvalue weighted by Crippen LogP contribution is 2.30. The molecule has 0 spiro atoms. The molecule has 42 heavy (non-hydrogen) atoms. The van der Waals surface area contributed by atoms with Gasteiger partial charge in [0.15, 0.2) is 6.29 Å². The van der Waals surface area contributed by atoms with Crippen LogP contribution < -0.4 is 0 Å². The van der Waals surface area contributed by atoms with Crippen molar-refractivity contribution in [1.82, 2.24) is 0 Å². The van der Waals surface area contributed by atoms with Crippen LogP contribution in [0, 0.1) is 5.92 Å². The molecule has 3 unspecified atom stereocenters. The minimum Gasteiger partial charge on any atom is -0.376 e. The number of carbonyl (C=O) groups excluding carboxylic acids is 1. The third kappa shape index (κ3) is 8.68. The summed E-state index contributed by atoms with van der Waals surface area (Å²) in [6, 6.07) is 40.0. The Labute approximate surface area is 248 Å². The van der Waals surface area contributed by atoms with Gasteiger partial charge in [0.25, 0.3) is 0 Å². The van der Waals surface area contributed by atoms with Gasteiger partial charge in [0.05, 0.1) is 45.7 Å². The second kappa shape index (κ2) is 16.1. The predicted octanol–water partition coefficient (Wildman–Crippen LogP) is 6.17. The predicted molar refractivity (Wildman–Crippen MR) is 160 cm³/mol. The maximum atomic E-state index is 12.4. The molecule has 5 atom stereocenters. The van der Waals surface area contributed by atoms with Crippen molar-refractivity contribution in [3.05, 3.63) is 144 Å². The van der Waals surface area contributed by atoms with Gasteiger partial charge in [-0.2, -0.15) is 0 Å². The van der Waals surface area contributed by atoms with Crippen LogP contribution in [0.3, 0.4) is 0 Å². The lowest BCUT2D eigenvalue weighted by molar-refractivity contribution is -0.175. The molecule has 0 aromatic heterocycles. The minimum absolute atomic E-state index is 0.203. The molecule has 0 bridgehead atoms. The van der Waals surface area contributed by atoms with E-state index >= 15 is 0 Å². The van der Waals surface area contributed by atoms with E-state index in [-0.39, 0.29) is 12.5 Å². The zero-order valence-electron chi connectivity index (χ0n) is 23.7. The first-order valence-corrected chi connectivity index (χ1v) is 14.5. The van der Waals surface area contributed by atoms with Crippen molar-refractivity contribution < 1.29 is 28.5 Å². The molecule has 0 aliphatic carbocycles. The van der Waals surface area contributed by atoms with Gasteiger partial charge in [-0.15, -0.1) is 0 Å². The van der Waals surface area contributed by atoms with Crippen molar-refractivity contribution in [2.24, 2.45) is 5.92 Å². The van der Waals surface area contributed by atoms with E-state index in [4.69, 9.17) is 23.7 Å². The number of aldehydes is 1. The normalized spacial score (nSPS) is 22.3. The smallest absolute Gasteiger partial charge is 0.151 e. The Hall–Kier alpha value is -3.65. The summed E-state index contributed by atoms with van der Waals surface area (Å²) in [5.41, 5.74) is 4.14. The van der Waals surface area contributed by atoms with Crippen LogP contribution in [-0.4, -0.2) is 43.9 Å². The zero-order valence-corrected chi connectivity index (χ0v) is 23.7. The molecule has 0 amide bonds. The molecule has 0 saturated carbocycles. The molecular formula is C36H38O6. The van der Waals surface area contributed by atoms with Crippen molar-refractivity contribution in [2.45, 2.75) is 50.8 Å². The first kappa shape index (κ1) is 29.8. The largest absolute Gasteiger partial charge is 0.376 e. The van der Waals surface area contributed by atoms with Crippen LogP contribution in [0.1, 0.15) is 22.3 Å². The second-order valence-corrected chi connectivity index (χ2v) is 10.5. The van der Waals surface area contributed by atoms with Gasteiger partial charge in [0.1, 0.15) is 18.3 Å². The van der Waals surface area contributed by atoms with Gasteiger partial charge in [0, 0.05) is 5.92 Å². The first-order chi connectivity index (χ1) is 20.8. The summed E-state index contributed by atoms with van der Waals surface area (Å²) in [5.74, 6) is -0.203. The van der Waals surface area contributed by atoms with Crippen LogP contribution in [-0.2, 0) is 54.9 Å². The molecule has 4 aromatic rings. The fourth-order valence-corrected chi connectivity index (χ4v) is 5.14. The molecule has 1 heterocycles. The van der Waals surface area contributed by atoms with Gasteiger partial charge in [-0.25, -0.2) is 0 Å². The van der Waals surface area contributed by atoms with Crippen LogP contribution in [0.5, 0.6) is 0 Å². The summed E-state index contributed by atoms with van der Waals surface area (Å²) in [5, 5.41) is 0. The molecule has 0 radical (unpaired) electrons. The van der Waals surface area contributed by atoms with Gasteiger partial charge in [0.2, 0.25) is 0 Å². The Bertz CT molecular complexity index is 1300. The van der Waals surface area contributed by atoms with E-state index in [1.165, 1.54) is 0 Å². The minimum atomic E-state index is -0.823. The Kier molecular flexibility index (Phi) is 11.4.